The van der Waals surface area contributed by atoms with Gasteiger partial charge >= 0.3 is 39.5 Å². The maximum absolute atomic E-state index is 13.0. The van der Waals surface area contributed by atoms with Crippen LogP contribution in [0.3, 0.4) is 0 Å². The summed E-state index contributed by atoms with van der Waals surface area (Å²) in [6.45, 7) is 9.53. The molecule has 0 amide bonds. The van der Waals surface area contributed by atoms with E-state index in [9.17, 15) is 43.2 Å². The Morgan fingerprint density at radius 3 is 0.874 bits per heavy atom. The number of phosphoric acid groups is 2. The molecule has 87 heavy (non-hydrogen) atoms. The second-order valence-electron chi connectivity index (χ2n) is 25.3. The van der Waals surface area contributed by atoms with Crippen LogP contribution in [0.5, 0.6) is 0 Å². The maximum Gasteiger partial charge on any atom is 0.472 e. The van der Waals surface area contributed by atoms with Crippen molar-refractivity contribution in [2.75, 3.05) is 39.6 Å². The SMILES string of the molecule is CCCCCCCCCCCCCC(=O)O[C@H](COC(=O)CCCCCCCCCCCC)COP(=O)(O)OC[C@H](O)COP(=O)(O)OC[C@@H](COC(=O)CCCCCCCCCCC(C)CC)OC(=O)CCCCCCCCCCCCCC(C)C. The molecule has 0 spiro atoms. The fourth-order valence-electron chi connectivity index (χ4n) is 10.2. The van der Waals surface area contributed by atoms with Crippen LogP contribution in [-0.2, 0) is 65.4 Å². The number of aliphatic hydroxyl groups is 1. The van der Waals surface area contributed by atoms with Gasteiger partial charge in [-0.1, -0.05) is 292 Å². The lowest BCUT2D eigenvalue weighted by Crippen LogP contribution is -2.30. The monoisotopic (exact) mass is 1280 g/mol. The molecule has 0 fully saturated rings. The van der Waals surface area contributed by atoms with Gasteiger partial charge in [0.2, 0.25) is 0 Å². The highest BCUT2D eigenvalue weighted by Crippen LogP contribution is 2.45. The normalized spacial score (nSPS) is 14.5. The fraction of sp³-hybridized carbons (Fsp3) is 0.941. The third-order valence-corrected chi connectivity index (χ3v) is 18.0. The number of carbonyl (C=O) groups excluding carboxylic acids is 4. The number of rotatable bonds is 67. The summed E-state index contributed by atoms with van der Waals surface area (Å²) in [6, 6.07) is 0. The van der Waals surface area contributed by atoms with Gasteiger partial charge in [0, 0.05) is 25.7 Å². The summed E-state index contributed by atoms with van der Waals surface area (Å²) >= 11 is 0. The first-order chi connectivity index (χ1) is 41.9. The number of esters is 4. The Bertz CT molecular complexity index is 1700. The van der Waals surface area contributed by atoms with Crippen LogP contribution in [0, 0.1) is 11.8 Å². The average Bonchev–Trinajstić information content (AvgIpc) is 3.71. The molecule has 0 aliphatic rings. The molecule has 0 radical (unpaired) electrons. The molecule has 0 aliphatic heterocycles. The summed E-state index contributed by atoms with van der Waals surface area (Å²) < 4.78 is 68.2. The van der Waals surface area contributed by atoms with Gasteiger partial charge in [0.25, 0.3) is 0 Å². The summed E-state index contributed by atoms with van der Waals surface area (Å²) in [7, 11) is -9.89. The second kappa shape index (κ2) is 60.3. The Kier molecular flexibility index (Phi) is 59.0. The third kappa shape index (κ3) is 61.3. The van der Waals surface area contributed by atoms with Crippen LogP contribution in [-0.4, -0.2) is 96.7 Å². The molecule has 0 aliphatic carbocycles. The van der Waals surface area contributed by atoms with E-state index in [-0.39, 0.29) is 25.7 Å². The van der Waals surface area contributed by atoms with Gasteiger partial charge in [-0.25, -0.2) is 9.13 Å². The first-order valence-electron chi connectivity index (χ1n) is 35.5. The van der Waals surface area contributed by atoms with Crippen molar-refractivity contribution in [1.29, 1.82) is 0 Å². The Morgan fingerprint density at radius 2 is 0.586 bits per heavy atom. The van der Waals surface area contributed by atoms with Gasteiger partial charge in [-0.05, 0) is 37.5 Å². The van der Waals surface area contributed by atoms with Gasteiger partial charge in [-0.2, -0.15) is 0 Å². The summed E-state index contributed by atoms with van der Waals surface area (Å²) in [5, 5.41) is 10.6. The zero-order chi connectivity index (χ0) is 64.3. The lowest BCUT2D eigenvalue weighted by Gasteiger charge is -2.21. The minimum atomic E-state index is -4.95. The lowest BCUT2D eigenvalue weighted by atomic mass is 9.99. The molecule has 6 atom stereocenters. The first-order valence-corrected chi connectivity index (χ1v) is 38.5. The number of aliphatic hydroxyl groups excluding tert-OH is 1. The maximum atomic E-state index is 13.0. The van der Waals surface area contributed by atoms with Crippen molar-refractivity contribution < 1.29 is 80.2 Å². The van der Waals surface area contributed by atoms with E-state index in [0.717, 1.165) is 102 Å². The molecule has 0 aromatic heterocycles. The zero-order valence-electron chi connectivity index (χ0n) is 56.3. The molecule has 0 heterocycles. The van der Waals surface area contributed by atoms with E-state index < -0.39 is 97.5 Å². The van der Waals surface area contributed by atoms with Crippen LogP contribution < -0.4 is 0 Å². The summed E-state index contributed by atoms with van der Waals surface area (Å²) in [5.74, 6) is -0.584. The van der Waals surface area contributed by atoms with E-state index in [0.29, 0.717) is 25.7 Å². The first kappa shape index (κ1) is 85.1. The number of hydrogen-bond donors (Lipinski definition) is 3. The highest BCUT2D eigenvalue weighted by atomic mass is 31.2. The van der Waals surface area contributed by atoms with E-state index in [1.165, 1.54) is 161 Å². The van der Waals surface area contributed by atoms with Crippen LogP contribution in [0.1, 0.15) is 343 Å². The highest BCUT2D eigenvalue weighted by molar-refractivity contribution is 7.47. The van der Waals surface area contributed by atoms with Crippen LogP contribution in [0.4, 0.5) is 0 Å². The standard InChI is InChI=1S/C68H132O17P2/c1-7-10-12-14-16-18-21-26-34-40-46-52-67(72)84-63(56-78-65(70)50-44-38-32-25-19-17-15-13-11-8-2)58-82-86(74,75)80-54-62(69)55-81-87(76,77)83-59-64(57-79-66(71)51-45-39-33-29-28-31-37-43-49-61(6)9-3)85-68(73)53-47-41-35-27-23-20-22-24-30-36-42-48-60(4)5/h60-64,69H,7-59H2,1-6H3,(H,74,75)(H,76,77)/t61?,62-,63+,64+/m0/s1. The minimum absolute atomic E-state index is 0.106. The molecule has 516 valence electrons. The Hall–Kier alpha value is -1.94. The molecule has 0 bridgehead atoms. The van der Waals surface area contributed by atoms with Crippen LogP contribution in [0.15, 0.2) is 0 Å². The van der Waals surface area contributed by atoms with Gasteiger partial charge in [0.05, 0.1) is 26.4 Å². The number of hydrogen-bond acceptors (Lipinski definition) is 15. The molecular formula is C68H132O17P2. The molecule has 19 heteroatoms. The Labute approximate surface area is 530 Å². The third-order valence-electron chi connectivity index (χ3n) is 16.1. The summed E-state index contributed by atoms with van der Waals surface area (Å²) in [5.41, 5.74) is 0. The zero-order valence-corrected chi connectivity index (χ0v) is 58.1. The number of phosphoric ester groups is 2. The topological polar surface area (TPSA) is 237 Å². The smallest absolute Gasteiger partial charge is 0.462 e. The minimum Gasteiger partial charge on any atom is -0.462 e. The molecule has 0 rings (SSSR count). The summed E-state index contributed by atoms with van der Waals surface area (Å²) in [4.78, 5) is 72.4. The fourth-order valence-corrected chi connectivity index (χ4v) is 11.8. The van der Waals surface area contributed by atoms with Crippen molar-refractivity contribution in [2.24, 2.45) is 11.8 Å². The Balaban J connectivity index is 5.25. The second-order valence-corrected chi connectivity index (χ2v) is 28.2. The van der Waals surface area contributed by atoms with Crippen molar-refractivity contribution in [1.82, 2.24) is 0 Å². The van der Waals surface area contributed by atoms with E-state index in [2.05, 4.69) is 41.5 Å². The van der Waals surface area contributed by atoms with Crippen LogP contribution in [0.25, 0.3) is 0 Å². The number of unbranched alkanes of at least 4 members (excludes halogenated alkanes) is 36. The molecule has 3 unspecified atom stereocenters. The molecule has 0 saturated heterocycles. The molecular weight excluding hydrogens is 1150 g/mol. The van der Waals surface area contributed by atoms with E-state index in [1.54, 1.807) is 0 Å². The van der Waals surface area contributed by atoms with Gasteiger partial charge in [-0.3, -0.25) is 37.3 Å². The van der Waals surface area contributed by atoms with Crippen molar-refractivity contribution in [3.05, 3.63) is 0 Å². The number of ether oxygens (including phenoxy) is 4. The van der Waals surface area contributed by atoms with Gasteiger partial charge in [-0.15, -0.1) is 0 Å². The van der Waals surface area contributed by atoms with E-state index in [1.807, 2.05) is 0 Å². The number of carbonyl (C=O) groups is 4. The van der Waals surface area contributed by atoms with Crippen molar-refractivity contribution >= 4 is 39.5 Å². The lowest BCUT2D eigenvalue weighted by molar-refractivity contribution is -0.161. The largest absolute Gasteiger partial charge is 0.472 e. The van der Waals surface area contributed by atoms with E-state index in [4.69, 9.17) is 37.0 Å². The highest BCUT2D eigenvalue weighted by Gasteiger charge is 2.30. The van der Waals surface area contributed by atoms with Crippen LogP contribution in [0.2, 0.25) is 0 Å². The molecule has 3 N–H and O–H groups in total. The quantitative estimate of drug-likeness (QED) is 0.0222. The van der Waals surface area contributed by atoms with Gasteiger partial charge in [0.1, 0.15) is 19.3 Å². The average molecular weight is 1280 g/mol. The Morgan fingerprint density at radius 1 is 0.333 bits per heavy atom. The predicted octanol–water partition coefficient (Wildman–Crippen LogP) is 19.2. The molecule has 17 nitrogen and oxygen atoms in total. The van der Waals surface area contributed by atoms with Crippen LogP contribution >= 0.6 is 15.6 Å². The molecule has 0 aromatic carbocycles. The van der Waals surface area contributed by atoms with Crippen molar-refractivity contribution in [3.63, 3.8) is 0 Å². The van der Waals surface area contributed by atoms with Gasteiger partial charge in [0.15, 0.2) is 12.2 Å². The summed E-state index contributed by atoms with van der Waals surface area (Å²) in [6.07, 6.45) is 44.2. The molecule has 0 saturated carbocycles. The van der Waals surface area contributed by atoms with Gasteiger partial charge < -0.3 is 33.8 Å². The van der Waals surface area contributed by atoms with E-state index >= 15 is 0 Å². The van der Waals surface area contributed by atoms with Crippen molar-refractivity contribution in [2.45, 2.75) is 362 Å². The predicted molar refractivity (Wildman–Crippen MR) is 349 cm³/mol. The van der Waals surface area contributed by atoms with Crippen molar-refractivity contribution in [3.8, 4) is 0 Å². The molecule has 0 aromatic rings.